The predicted molar refractivity (Wildman–Crippen MR) is 118 cm³/mol. The molecule has 1 fully saturated rings. The normalized spacial score (nSPS) is 18.7. The molecule has 1 saturated heterocycles. The summed E-state index contributed by atoms with van der Waals surface area (Å²) >= 11 is 0. The fraction of sp³-hybridized carbons (Fsp3) is 0.611. The molecule has 1 aliphatic heterocycles. The summed E-state index contributed by atoms with van der Waals surface area (Å²) in [7, 11) is -1.92. The lowest BCUT2D eigenvalue weighted by atomic mass is 10.1. The molecule has 0 radical (unpaired) electrons. The summed E-state index contributed by atoms with van der Waals surface area (Å²) in [6.07, 6.45) is -4.53. The number of ether oxygens (including phenoxy) is 1. The van der Waals surface area contributed by atoms with Crippen LogP contribution in [-0.2, 0) is 22.6 Å². The van der Waals surface area contributed by atoms with Gasteiger partial charge in [-0.15, -0.1) is 24.0 Å². The standard InChI is InChI=1S/C18H26F3N3O3S.HI/c1-5-22-16(24-8-9-28(25,26)17(2,3)12-24)23-11-13-6-7-14(27-4)10-15(13)18(19,20)21;/h6-7,10H,5,8-9,11-12H2,1-4H3,(H,22,23);1H. The summed E-state index contributed by atoms with van der Waals surface area (Å²) in [5.74, 6) is 0.491. The molecule has 1 heterocycles. The number of nitrogens with zero attached hydrogens (tertiary/aromatic N) is 2. The maximum absolute atomic E-state index is 13.4. The lowest BCUT2D eigenvalue weighted by Gasteiger charge is -2.39. The maximum atomic E-state index is 13.4. The Morgan fingerprint density at radius 3 is 2.52 bits per heavy atom. The number of halogens is 4. The van der Waals surface area contributed by atoms with Gasteiger partial charge in [-0.2, -0.15) is 13.2 Å². The highest BCUT2D eigenvalue weighted by Crippen LogP contribution is 2.35. The second-order valence-corrected chi connectivity index (χ2v) is 9.93. The monoisotopic (exact) mass is 549 g/mol. The number of rotatable bonds is 4. The molecule has 1 aliphatic rings. The second kappa shape index (κ2) is 9.71. The van der Waals surface area contributed by atoms with Crippen molar-refractivity contribution >= 4 is 39.8 Å². The number of benzene rings is 1. The molecular weight excluding hydrogens is 522 g/mol. The zero-order valence-corrected chi connectivity index (χ0v) is 20.0. The van der Waals surface area contributed by atoms with E-state index in [1.54, 1.807) is 18.7 Å². The van der Waals surface area contributed by atoms with Crippen molar-refractivity contribution < 1.29 is 26.3 Å². The van der Waals surface area contributed by atoms with E-state index in [1.807, 2.05) is 6.92 Å². The number of guanidine groups is 1. The first-order valence-corrected chi connectivity index (χ1v) is 10.6. The van der Waals surface area contributed by atoms with Crippen LogP contribution in [0.1, 0.15) is 31.9 Å². The van der Waals surface area contributed by atoms with Crippen LogP contribution in [0.5, 0.6) is 5.75 Å². The van der Waals surface area contributed by atoms with Gasteiger partial charge in [0.05, 0.1) is 29.7 Å². The lowest BCUT2D eigenvalue weighted by molar-refractivity contribution is -0.138. The molecular formula is C18H27F3IN3O3S. The fourth-order valence-corrected chi connectivity index (χ4v) is 4.36. The summed E-state index contributed by atoms with van der Waals surface area (Å²) < 4.78 is 68.5. The minimum Gasteiger partial charge on any atom is -0.497 e. The first kappa shape index (κ1) is 25.8. The van der Waals surface area contributed by atoms with Crippen LogP contribution < -0.4 is 10.1 Å². The third kappa shape index (κ3) is 6.12. The Hall–Kier alpha value is -1.24. The lowest BCUT2D eigenvalue weighted by Crippen LogP contribution is -2.57. The molecule has 11 heteroatoms. The van der Waals surface area contributed by atoms with Crippen LogP contribution in [0.25, 0.3) is 0 Å². The Kier molecular flexibility index (Phi) is 8.64. The molecule has 0 amide bonds. The molecule has 1 N–H and O–H groups in total. The summed E-state index contributed by atoms with van der Waals surface area (Å²) in [4.78, 5) is 6.13. The van der Waals surface area contributed by atoms with E-state index in [9.17, 15) is 21.6 Å². The van der Waals surface area contributed by atoms with Crippen molar-refractivity contribution in [3.63, 3.8) is 0 Å². The number of hydrogen-bond acceptors (Lipinski definition) is 4. The molecule has 0 aromatic heterocycles. The van der Waals surface area contributed by atoms with Crippen LogP contribution >= 0.6 is 24.0 Å². The third-order valence-electron chi connectivity index (χ3n) is 4.70. The molecule has 1 aromatic rings. The minimum absolute atomic E-state index is 0. The molecule has 0 aliphatic carbocycles. The van der Waals surface area contributed by atoms with Crippen molar-refractivity contribution in [2.75, 3.05) is 32.5 Å². The zero-order chi connectivity index (χ0) is 21.2. The van der Waals surface area contributed by atoms with E-state index in [0.29, 0.717) is 12.5 Å². The maximum Gasteiger partial charge on any atom is 0.416 e. The van der Waals surface area contributed by atoms with Crippen LogP contribution in [0.3, 0.4) is 0 Å². The Labute approximate surface area is 186 Å². The smallest absolute Gasteiger partial charge is 0.416 e. The molecule has 1 aromatic carbocycles. The number of alkyl halides is 3. The van der Waals surface area contributed by atoms with Gasteiger partial charge in [0.15, 0.2) is 15.8 Å². The van der Waals surface area contributed by atoms with E-state index in [1.165, 1.54) is 19.2 Å². The van der Waals surface area contributed by atoms with Gasteiger partial charge in [0.1, 0.15) is 5.75 Å². The molecule has 0 spiro atoms. The van der Waals surface area contributed by atoms with Crippen LogP contribution in [0.2, 0.25) is 0 Å². The number of aliphatic imine (C=N–C) groups is 1. The average molecular weight is 549 g/mol. The van der Waals surface area contributed by atoms with Gasteiger partial charge in [-0.05, 0) is 38.5 Å². The van der Waals surface area contributed by atoms with Gasteiger partial charge in [-0.25, -0.2) is 13.4 Å². The van der Waals surface area contributed by atoms with E-state index >= 15 is 0 Å². The van der Waals surface area contributed by atoms with Gasteiger partial charge in [-0.3, -0.25) is 0 Å². The zero-order valence-electron chi connectivity index (χ0n) is 16.8. The van der Waals surface area contributed by atoms with Crippen molar-refractivity contribution in [2.45, 2.75) is 38.2 Å². The largest absolute Gasteiger partial charge is 0.497 e. The van der Waals surface area contributed by atoms with Gasteiger partial charge < -0.3 is 15.0 Å². The highest BCUT2D eigenvalue weighted by atomic mass is 127. The van der Waals surface area contributed by atoms with E-state index in [4.69, 9.17) is 4.74 Å². The first-order chi connectivity index (χ1) is 12.9. The summed E-state index contributed by atoms with van der Waals surface area (Å²) in [5.41, 5.74) is -0.777. The van der Waals surface area contributed by atoms with E-state index < -0.39 is 26.3 Å². The number of sulfone groups is 1. The van der Waals surface area contributed by atoms with Gasteiger partial charge in [-0.1, -0.05) is 6.07 Å². The molecule has 0 unspecified atom stereocenters. The molecule has 2 rings (SSSR count). The van der Waals surface area contributed by atoms with Crippen LogP contribution in [0.15, 0.2) is 23.2 Å². The van der Waals surface area contributed by atoms with Crippen LogP contribution in [0.4, 0.5) is 13.2 Å². The summed E-state index contributed by atoms with van der Waals surface area (Å²) in [6, 6.07) is 3.76. The van der Waals surface area contributed by atoms with Crippen molar-refractivity contribution in [3.05, 3.63) is 29.3 Å². The predicted octanol–water partition coefficient (Wildman–Crippen LogP) is 3.31. The Morgan fingerprint density at radius 1 is 1.34 bits per heavy atom. The topological polar surface area (TPSA) is 71.0 Å². The van der Waals surface area contributed by atoms with Gasteiger partial charge >= 0.3 is 6.18 Å². The average Bonchev–Trinajstić information content (AvgIpc) is 2.60. The van der Waals surface area contributed by atoms with Crippen molar-refractivity contribution in [2.24, 2.45) is 4.99 Å². The Balaban J connectivity index is 0.00000420. The van der Waals surface area contributed by atoms with E-state index in [-0.39, 0.29) is 60.7 Å². The summed E-state index contributed by atoms with van der Waals surface area (Å²) in [6.45, 7) is 5.91. The number of methoxy groups -OCH3 is 1. The van der Waals surface area contributed by atoms with E-state index in [2.05, 4.69) is 10.3 Å². The molecule has 29 heavy (non-hydrogen) atoms. The number of hydrogen-bond donors (Lipinski definition) is 1. The SMILES string of the molecule is CCNC(=NCc1ccc(OC)cc1C(F)(F)F)N1CCS(=O)(=O)C(C)(C)C1.I. The molecule has 0 bridgehead atoms. The molecule has 0 saturated carbocycles. The number of nitrogens with one attached hydrogen (secondary N) is 1. The van der Waals surface area contributed by atoms with Crippen molar-refractivity contribution in [1.82, 2.24) is 10.2 Å². The molecule has 6 nitrogen and oxygen atoms in total. The van der Waals surface area contributed by atoms with Gasteiger partial charge in [0.2, 0.25) is 0 Å². The second-order valence-electron chi connectivity index (χ2n) is 7.19. The first-order valence-electron chi connectivity index (χ1n) is 8.91. The highest BCUT2D eigenvalue weighted by Gasteiger charge is 2.41. The van der Waals surface area contributed by atoms with Crippen molar-refractivity contribution in [3.8, 4) is 5.75 Å². The quantitative estimate of drug-likeness (QED) is 0.355. The van der Waals surface area contributed by atoms with Gasteiger partial charge in [0.25, 0.3) is 0 Å². The summed E-state index contributed by atoms with van der Waals surface area (Å²) in [5, 5.41) is 3.04. The third-order valence-corrected chi connectivity index (χ3v) is 7.23. The minimum atomic E-state index is -4.53. The molecule has 0 atom stereocenters. The Bertz CT molecular complexity index is 842. The van der Waals surface area contributed by atoms with Gasteiger partial charge in [0, 0.05) is 19.6 Å². The van der Waals surface area contributed by atoms with Crippen LogP contribution in [-0.4, -0.2) is 56.5 Å². The van der Waals surface area contributed by atoms with Crippen molar-refractivity contribution in [1.29, 1.82) is 0 Å². The molecule has 166 valence electrons. The van der Waals surface area contributed by atoms with Crippen LogP contribution in [0, 0.1) is 0 Å². The fourth-order valence-electron chi connectivity index (χ4n) is 2.99. The Morgan fingerprint density at radius 2 is 2.00 bits per heavy atom. The highest BCUT2D eigenvalue weighted by molar-refractivity contribution is 14.0. The van der Waals surface area contributed by atoms with E-state index in [0.717, 1.165) is 6.07 Å².